The number of fused-ring (bicyclic) bond motifs is 1. The SMILES string of the molecule is O=c1[nH]c(C[N+]2(N3CCCCC3)CCCCC2)nc2c1COCC2. The topological polar surface area (TPSA) is 58.2 Å². The fourth-order valence-electron chi connectivity index (χ4n) is 4.59. The predicted molar refractivity (Wildman–Crippen MR) is 91.2 cm³/mol. The Balaban J connectivity index is 1.62. The summed E-state index contributed by atoms with van der Waals surface area (Å²) < 4.78 is 6.41. The van der Waals surface area contributed by atoms with E-state index in [1.54, 1.807) is 0 Å². The van der Waals surface area contributed by atoms with Gasteiger partial charge in [-0.05, 0) is 32.1 Å². The molecule has 0 spiro atoms. The highest BCUT2D eigenvalue weighted by molar-refractivity contribution is 5.18. The van der Waals surface area contributed by atoms with Crippen LogP contribution in [0.5, 0.6) is 0 Å². The second-order valence-corrected chi connectivity index (χ2v) is 7.52. The third-order valence-corrected chi connectivity index (χ3v) is 5.91. The molecule has 4 rings (SSSR count). The Kier molecular flexibility index (Phi) is 4.70. The summed E-state index contributed by atoms with van der Waals surface area (Å²) in [4.78, 5) is 20.3. The molecular weight excluding hydrogens is 304 g/mol. The number of H-pyrrole nitrogens is 1. The molecule has 1 aromatic rings. The zero-order valence-corrected chi connectivity index (χ0v) is 14.6. The fourth-order valence-corrected chi connectivity index (χ4v) is 4.59. The highest BCUT2D eigenvalue weighted by atomic mass is 16.5. The number of rotatable bonds is 3. The van der Waals surface area contributed by atoms with Crippen LogP contribution < -0.4 is 5.56 Å². The maximum Gasteiger partial charge on any atom is 0.256 e. The minimum absolute atomic E-state index is 0.00324. The van der Waals surface area contributed by atoms with Crippen molar-refractivity contribution < 1.29 is 9.33 Å². The minimum atomic E-state index is 0.00324. The molecule has 132 valence electrons. The van der Waals surface area contributed by atoms with Crippen molar-refractivity contribution in [1.82, 2.24) is 15.0 Å². The third-order valence-electron chi connectivity index (χ3n) is 5.91. The Morgan fingerprint density at radius 1 is 1.08 bits per heavy atom. The van der Waals surface area contributed by atoms with Crippen LogP contribution in [0.2, 0.25) is 0 Å². The van der Waals surface area contributed by atoms with Gasteiger partial charge in [-0.1, -0.05) is 6.42 Å². The first kappa shape index (κ1) is 16.2. The lowest BCUT2D eigenvalue weighted by atomic mass is 10.1. The highest BCUT2D eigenvalue weighted by Gasteiger charge is 2.38. The van der Waals surface area contributed by atoms with Gasteiger partial charge in [0.2, 0.25) is 0 Å². The molecule has 0 saturated carbocycles. The van der Waals surface area contributed by atoms with E-state index in [1.165, 1.54) is 64.7 Å². The fraction of sp³-hybridized carbons (Fsp3) is 0.778. The Labute approximate surface area is 143 Å². The summed E-state index contributed by atoms with van der Waals surface area (Å²) in [5, 5.41) is 2.66. The van der Waals surface area contributed by atoms with Gasteiger partial charge in [-0.2, -0.15) is 5.01 Å². The molecule has 6 heteroatoms. The Hall–Kier alpha value is -1.24. The lowest BCUT2D eigenvalue weighted by Gasteiger charge is -2.49. The van der Waals surface area contributed by atoms with Crippen molar-refractivity contribution in [2.24, 2.45) is 0 Å². The zero-order valence-electron chi connectivity index (χ0n) is 14.6. The van der Waals surface area contributed by atoms with Crippen LogP contribution in [-0.2, 0) is 24.3 Å². The van der Waals surface area contributed by atoms with Gasteiger partial charge in [0.1, 0.15) is 0 Å². The number of hydrogen-bond donors (Lipinski definition) is 1. The van der Waals surface area contributed by atoms with Crippen LogP contribution in [0.15, 0.2) is 4.79 Å². The number of likely N-dealkylation sites (tertiary alicyclic amines) is 1. The number of quaternary nitrogens is 1. The van der Waals surface area contributed by atoms with Crippen molar-refractivity contribution in [3.63, 3.8) is 0 Å². The van der Waals surface area contributed by atoms with Gasteiger partial charge >= 0.3 is 0 Å². The molecule has 3 aliphatic rings. The number of nitrogens with zero attached hydrogens (tertiary/aromatic N) is 3. The van der Waals surface area contributed by atoms with E-state index in [4.69, 9.17) is 9.72 Å². The van der Waals surface area contributed by atoms with Gasteiger partial charge in [0.25, 0.3) is 5.56 Å². The van der Waals surface area contributed by atoms with Crippen molar-refractivity contribution in [2.75, 3.05) is 32.8 Å². The van der Waals surface area contributed by atoms with Gasteiger partial charge in [-0.15, -0.1) is 0 Å². The van der Waals surface area contributed by atoms with E-state index in [2.05, 4.69) is 9.99 Å². The standard InChI is InChI=1S/C18H28N4O2/c23-18-15-14-24-12-7-16(15)19-17(20-18)13-22(10-5-2-6-11-22)21-8-3-1-4-9-21/h1-14H2/p+1. The lowest BCUT2D eigenvalue weighted by molar-refractivity contribution is -1.05. The molecule has 3 aliphatic heterocycles. The average Bonchev–Trinajstić information content (AvgIpc) is 2.63. The zero-order chi connectivity index (χ0) is 16.4. The molecule has 0 atom stereocenters. The van der Waals surface area contributed by atoms with Crippen LogP contribution in [0.25, 0.3) is 0 Å². The van der Waals surface area contributed by atoms with Crippen LogP contribution >= 0.6 is 0 Å². The Morgan fingerprint density at radius 2 is 1.83 bits per heavy atom. The molecular formula is C18H29N4O2+. The van der Waals surface area contributed by atoms with Crippen LogP contribution in [0, 0.1) is 0 Å². The lowest BCUT2D eigenvalue weighted by Crippen LogP contribution is -2.63. The van der Waals surface area contributed by atoms with Gasteiger partial charge in [0.15, 0.2) is 12.4 Å². The van der Waals surface area contributed by atoms with Crippen LogP contribution in [0.3, 0.4) is 0 Å². The summed E-state index contributed by atoms with van der Waals surface area (Å²) >= 11 is 0. The number of aromatic amines is 1. The molecule has 24 heavy (non-hydrogen) atoms. The molecule has 0 unspecified atom stereocenters. The number of aromatic nitrogens is 2. The van der Waals surface area contributed by atoms with Crippen molar-refractivity contribution in [3.05, 3.63) is 27.4 Å². The molecule has 0 radical (unpaired) electrons. The van der Waals surface area contributed by atoms with Crippen LogP contribution in [-0.4, -0.2) is 52.4 Å². The Bertz CT molecular complexity index is 630. The Morgan fingerprint density at radius 3 is 2.62 bits per heavy atom. The molecule has 2 saturated heterocycles. The molecule has 0 aliphatic carbocycles. The summed E-state index contributed by atoms with van der Waals surface area (Å²) in [5.41, 5.74) is 1.69. The molecule has 0 amide bonds. The third kappa shape index (κ3) is 3.15. The van der Waals surface area contributed by atoms with Crippen molar-refractivity contribution in [1.29, 1.82) is 0 Å². The van der Waals surface area contributed by atoms with E-state index in [9.17, 15) is 4.79 Å². The normalized spacial score (nSPS) is 24.5. The van der Waals surface area contributed by atoms with Crippen molar-refractivity contribution in [2.45, 2.75) is 58.1 Å². The van der Waals surface area contributed by atoms with Gasteiger partial charge < -0.3 is 9.72 Å². The summed E-state index contributed by atoms with van der Waals surface area (Å²) in [6.07, 6.45) is 8.59. The first-order valence-electron chi connectivity index (χ1n) is 9.57. The second-order valence-electron chi connectivity index (χ2n) is 7.52. The number of piperidine rings is 2. The number of ether oxygens (including phenoxy) is 1. The molecule has 0 bridgehead atoms. The molecule has 1 N–H and O–H groups in total. The molecule has 6 nitrogen and oxygen atoms in total. The quantitative estimate of drug-likeness (QED) is 0.856. The average molecular weight is 333 g/mol. The van der Waals surface area contributed by atoms with Gasteiger partial charge in [-0.25, -0.2) is 9.58 Å². The van der Waals surface area contributed by atoms with Gasteiger partial charge in [-0.3, -0.25) is 4.79 Å². The molecule has 0 aromatic carbocycles. The first-order valence-corrected chi connectivity index (χ1v) is 9.57. The van der Waals surface area contributed by atoms with E-state index in [0.717, 1.165) is 34.6 Å². The van der Waals surface area contributed by atoms with E-state index in [0.29, 0.717) is 13.2 Å². The summed E-state index contributed by atoms with van der Waals surface area (Å²) in [6.45, 7) is 6.66. The van der Waals surface area contributed by atoms with E-state index >= 15 is 0 Å². The summed E-state index contributed by atoms with van der Waals surface area (Å²) in [7, 11) is 0. The van der Waals surface area contributed by atoms with Crippen LogP contribution in [0.4, 0.5) is 0 Å². The van der Waals surface area contributed by atoms with Crippen LogP contribution in [0.1, 0.15) is 55.6 Å². The maximum atomic E-state index is 12.4. The number of nitrogens with one attached hydrogen (secondary N) is 1. The molecule has 2 fully saturated rings. The summed E-state index contributed by atoms with van der Waals surface area (Å²) in [5.74, 6) is 0.869. The molecule has 4 heterocycles. The highest BCUT2D eigenvalue weighted by Crippen LogP contribution is 2.28. The molecule has 1 aromatic heterocycles. The van der Waals surface area contributed by atoms with E-state index in [1.807, 2.05) is 0 Å². The van der Waals surface area contributed by atoms with Gasteiger partial charge in [0.05, 0.1) is 37.6 Å². The smallest absolute Gasteiger partial charge is 0.256 e. The second kappa shape index (κ2) is 6.94. The summed E-state index contributed by atoms with van der Waals surface area (Å²) in [6, 6.07) is 0. The number of hydrogen-bond acceptors (Lipinski definition) is 4. The van der Waals surface area contributed by atoms with Crippen molar-refractivity contribution in [3.8, 4) is 0 Å². The van der Waals surface area contributed by atoms with Gasteiger partial charge in [0, 0.05) is 19.5 Å². The predicted octanol–water partition coefficient (Wildman–Crippen LogP) is 1.74. The van der Waals surface area contributed by atoms with Crippen molar-refractivity contribution >= 4 is 0 Å². The first-order chi connectivity index (χ1) is 11.8. The van der Waals surface area contributed by atoms with E-state index in [-0.39, 0.29) is 5.56 Å². The maximum absolute atomic E-state index is 12.4. The van der Waals surface area contributed by atoms with E-state index < -0.39 is 0 Å². The largest absolute Gasteiger partial charge is 0.376 e. The monoisotopic (exact) mass is 333 g/mol. The minimum Gasteiger partial charge on any atom is -0.376 e.